The fraction of sp³-hybridized carbons (Fsp3) is 1.00. The number of hydrogen-bond donors (Lipinski definition) is 1. The van der Waals surface area contributed by atoms with E-state index in [2.05, 4.69) is 0 Å². The van der Waals surface area contributed by atoms with Crippen LogP contribution in [0.1, 0.15) is 19.8 Å². The van der Waals surface area contributed by atoms with Crippen LogP contribution in [0.25, 0.3) is 0 Å². The maximum Gasteiger partial charge on any atom is 0.211 e. The number of rotatable bonds is 2. The van der Waals surface area contributed by atoms with Gasteiger partial charge < -0.3 is 4.74 Å². The molecule has 1 aliphatic rings. The van der Waals surface area contributed by atoms with E-state index in [1.807, 2.05) is 0 Å². The zero-order valence-electron chi connectivity index (χ0n) is 6.54. The van der Waals surface area contributed by atoms with Gasteiger partial charge in [-0.05, 0) is 19.8 Å². The molecule has 1 unspecified atom stereocenters. The number of nitrogens with two attached hydrogens (primary N) is 1. The second kappa shape index (κ2) is 2.73. The van der Waals surface area contributed by atoms with Crippen LogP contribution in [0.4, 0.5) is 0 Å². The van der Waals surface area contributed by atoms with Gasteiger partial charge in [-0.1, -0.05) is 0 Å². The van der Waals surface area contributed by atoms with Crippen LogP contribution < -0.4 is 5.14 Å². The third-order valence-electron chi connectivity index (χ3n) is 1.81. The largest absolute Gasteiger partial charge is 0.374 e. The molecule has 0 radical (unpaired) electrons. The number of hydrogen-bond acceptors (Lipinski definition) is 3. The first-order chi connectivity index (χ1) is 4.91. The average molecular weight is 179 g/mol. The lowest BCUT2D eigenvalue weighted by Crippen LogP contribution is -2.36. The standard InChI is InChI=1S/C6H13NO3S/c1-6(3-2-4-10-6)5-11(7,8)9/h2-5H2,1H3,(H2,7,8,9). The predicted octanol–water partition coefficient (Wildman–Crippen LogP) is -0.156. The molecule has 66 valence electrons. The molecule has 0 aromatic rings. The Bertz CT molecular complexity index is 228. The van der Waals surface area contributed by atoms with Gasteiger partial charge in [0, 0.05) is 6.61 Å². The van der Waals surface area contributed by atoms with E-state index in [0.717, 1.165) is 12.8 Å². The first-order valence-corrected chi connectivity index (χ1v) is 5.27. The highest BCUT2D eigenvalue weighted by Crippen LogP contribution is 2.25. The van der Waals surface area contributed by atoms with Gasteiger partial charge in [-0.2, -0.15) is 0 Å². The lowest BCUT2D eigenvalue weighted by atomic mass is 10.1. The molecule has 1 rings (SSSR count). The fourth-order valence-electron chi connectivity index (χ4n) is 1.38. The van der Waals surface area contributed by atoms with E-state index in [1.165, 1.54) is 0 Å². The molecule has 0 spiro atoms. The van der Waals surface area contributed by atoms with E-state index >= 15 is 0 Å². The van der Waals surface area contributed by atoms with Crippen molar-refractivity contribution >= 4 is 10.0 Å². The van der Waals surface area contributed by atoms with E-state index < -0.39 is 15.6 Å². The van der Waals surface area contributed by atoms with Crippen molar-refractivity contribution in [2.75, 3.05) is 12.4 Å². The quantitative estimate of drug-likeness (QED) is 0.640. The highest BCUT2D eigenvalue weighted by atomic mass is 32.2. The second-order valence-electron chi connectivity index (χ2n) is 3.21. The van der Waals surface area contributed by atoms with Gasteiger partial charge in [0.15, 0.2) is 0 Å². The molecule has 11 heavy (non-hydrogen) atoms. The van der Waals surface area contributed by atoms with E-state index in [4.69, 9.17) is 9.88 Å². The SMILES string of the molecule is CC1(CS(N)(=O)=O)CCCO1. The minimum absolute atomic E-state index is 0.0694. The van der Waals surface area contributed by atoms with Crippen molar-refractivity contribution < 1.29 is 13.2 Å². The van der Waals surface area contributed by atoms with Crippen molar-refractivity contribution in [3.05, 3.63) is 0 Å². The van der Waals surface area contributed by atoms with Crippen LogP contribution in [0, 0.1) is 0 Å². The molecule has 5 heteroatoms. The molecule has 0 bridgehead atoms. The monoisotopic (exact) mass is 179 g/mol. The third kappa shape index (κ3) is 2.76. The maximum absolute atomic E-state index is 10.7. The van der Waals surface area contributed by atoms with E-state index in [0.29, 0.717) is 6.61 Å². The minimum atomic E-state index is -3.39. The van der Waals surface area contributed by atoms with Crippen molar-refractivity contribution in [1.29, 1.82) is 0 Å². The molecule has 1 aliphatic heterocycles. The van der Waals surface area contributed by atoms with Crippen molar-refractivity contribution in [3.63, 3.8) is 0 Å². The highest BCUT2D eigenvalue weighted by molar-refractivity contribution is 7.89. The molecule has 0 amide bonds. The van der Waals surface area contributed by atoms with Crippen molar-refractivity contribution in [2.24, 2.45) is 5.14 Å². The Morgan fingerprint density at radius 3 is 2.64 bits per heavy atom. The number of primary sulfonamides is 1. The van der Waals surface area contributed by atoms with E-state index in [-0.39, 0.29) is 5.75 Å². The first kappa shape index (κ1) is 8.96. The van der Waals surface area contributed by atoms with Crippen LogP contribution in [0.15, 0.2) is 0 Å². The third-order valence-corrected chi connectivity index (χ3v) is 2.82. The molecule has 1 saturated heterocycles. The average Bonchev–Trinajstić information content (AvgIpc) is 2.09. The molecule has 1 atom stereocenters. The molecule has 1 heterocycles. The fourth-order valence-corrected chi connectivity index (χ4v) is 2.46. The summed E-state index contributed by atoms with van der Waals surface area (Å²) < 4.78 is 26.6. The number of sulfonamides is 1. The molecule has 2 N–H and O–H groups in total. The smallest absolute Gasteiger partial charge is 0.211 e. The van der Waals surface area contributed by atoms with Crippen molar-refractivity contribution in [1.82, 2.24) is 0 Å². The summed E-state index contributed by atoms with van der Waals surface area (Å²) in [6, 6.07) is 0. The molecule has 4 nitrogen and oxygen atoms in total. The molecular formula is C6H13NO3S. The second-order valence-corrected chi connectivity index (χ2v) is 4.82. The van der Waals surface area contributed by atoms with Gasteiger partial charge >= 0.3 is 0 Å². The summed E-state index contributed by atoms with van der Waals surface area (Å²) in [7, 11) is -3.39. The summed E-state index contributed by atoms with van der Waals surface area (Å²) in [5.74, 6) is -0.0694. The van der Waals surface area contributed by atoms with Crippen LogP contribution in [0.5, 0.6) is 0 Å². The molecular weight excluding hydrogens is 166 g/mol. The molecule has 0 aliphatic carbocycles. The Labute approximate surface area is 66.8 Å². The lowest BCUT2D eigenvalue weighted by molar-refractivity contribution is 0.0394. The summed E-state index contributed by atoms with van der Waals surface area (Å²) in [4.78, 5) is 0. The van der Waals surface area contributed by atoms with Crippen LogP contribution in [-0.2, 0) is 14.8 Å². The van der Waals surface area contributed by atoms with Gasteiger partial charge in [0.05, 0.1) is 11.4 Å². The summed E-state index contributed by atoms with van der Waals surface area (Å²) in [6.07, 6.45) is 1.70. The Hall–Kier alpha value is -0.130. The van der Waals surface area contributed by atoms with Crippen molar-refractivity contribution in [2.45, 2.75) is 25.4 Å². The lowest BCUT2D eigenvalue weighted by Gasteiger charge is -2.20. The molecule has 0 saturated carbocycles. The molecule has 0 aromatic carbocycles. The normalized spacial score (nSPS) is 32.5. The van der Waals surface area contributed by atoms with Gasteiger partial charge in [0.25, 0.3) is 0 Å². The number of ether oxygens (including phenoxy) is 1. The maximum atomic E-state index is 10.7. The van der Waals surface area contributed by atoms with Gasteiger partial charge in [0.1, 0.15) is 0 Å². The zero-order valence-corrected chi connectivity index (χ0v) is 7.36. The minimum Gasteiger partial charge on any atom is -0.374 e. The van der Waals surface area contributed by atoms with Crippen LogP contribution in [0.2, 0.25) is 0 Å². The van der Waals surface area contributed by atoms with Gasteiger partial charge in [-0.15, -0.1) is 0 Å². The Morgan fingerprint density at radius 1 is 1.64 bits per heavy atom. The first-order valence-electron chi connectivity index (χ1n) is 3.56. The Balaban J connectivity index is 2.60. The summed E-state index contributed by atoms with van der Waals surface area (Å²) in [5.41, 5.74) is -0.534. The van der Waals surface area contributed by atoms with Crippen LogP contribution in [0.3, 0.4) is 0 Å². The Morgan fingerprint density at radius 2 is 2.27 bits per heavy atom. The predicted molar refractivity (Wildman–Crippen MR) is 41.6 cm³/mol. The van der Waals surface area contributed by atoms with E-state index in [1.54, 1.807) is 6.92 Å². The summed E-state index contributed by atoms with van der Waals surface area (Å²) in [6.45, 7) is 2.43. The zero-order chi connectivity index (χ0) is 8.54. The van der Waals surface area contributed by atoms with Crippen LogP contribution >= 0.6 is 0 Å². The molecule has 0 aromatic heterocycles. The van der Waals surface area contributed by atoms with Gasteiger partial charge in [-0.3, -0.25) is 0 Å². The van der Waals surface area contributed by atoms with Gasteiger partial charge in [0.2, 0.25) is 10.0 Å². The van der Waals surface area contributed by atoms with E-state index in [9.17, 15) is 8.42 Å². The summed E-state index contributed by atoms with van der Waals surface area (Å²) >= 11 is 0. The van der Waals surface area contributed by atoms with Crippen LogP contribution in [-0.4, -0.2) is 26.4 Å². The van der Waals surface area contributed by atoms with Crippen molar-refractivity contribution in [3.8, 4) is 0 Å². The molecule has 1 fully saturated rings. The van der Waals surface area contributed by atoms with Gasteiger partial charge in [-0.25, -0.2) is 13.6 Å². The topological polar surface area (TPSA) is 69.4 Å². The summed E-state index contributed by atoms with van der Waals surface area (Å²) in [5, 5.41) is 4.89. The Kier molecular flexibility index (Phi) is 2.22. The highest BCUT2D eigenvalue weighted by Gasteiger charge is 2.33.